The molecule has 6 heteroatoms. The molecule has 0 amide bonds. The highest BCUT2D eigenvalue weighted by atomic mass is 16.5. The molecule has 0 saturated carbocycles. The number of tetrazole rings is 1. The van der Waals surface area contributed by atoms with Crippen LogP contribution in [0, 0.1) is 5.92 Å². The summed E-state index contributed by atoms with van der Waals surface area (Å²) in [5.41, 5.74) is 0. The van der Waals surface area contributed by atoms with Crippen LogP contribution in [0.25, 0.3) is 0 Å². The molecule has 1 atom stereocenters. The van der Waals surface area contributed by atoms with E-state index >= 15 is 0 Å². The van der Waals surface area contributed by atoms with Crippen molar-refractivity contribution in [3.05, 3.63) is 5.82 Å². The van der Waals surface area contributed by atoms with Gasteiger partial charge in [0, 0.05) is 12.5 Å². The summed E-state index contributed by atoms with van der Waals surface area (Å²) >= 11 is 0. The molecule has 0 aromatic carbocycles. The first-order chi connectivity index (χ1) is 7.25. The summed E-state index contributed by atoms with van der Waals surface area (Å²) in [5, 5.41) is 11.5. The zero-order chi connectivity index (χ0) is 10.7. The van der Waals surface area contributed by atoms with Crippen LogP contribution < -0.4 is 0 Å². The first-order valence-corrected chi connectivity index (χ1v) is 5.09. The topological polar surface area (TPSA) is 69.9 Å². The molecule has 1 aromatic heterocycles. The standard InChI is InChI=1S/C9H14N4O2/c1-13-11-9(10-12-13)5-8(14)7-3-2-4-15-6-7/h7H,2-6H2,1H3. The second kappa shape index (κ2) is 4.48. The van der Waals surface area contributed by atoms with Crippen LogP contribution in [0.15, 0.2) is 0 Å². The van der Waals surface area contributed by atoms with Gasteiger partial charge in [0.1, 0.15) is 5.78 Å². The Morgan fingerprint density at radius 2 is 2.53 bits per heavy atom. The fourth-order valence-electron chi connectivity index (χ4n) is 1.69. The van der Waals surface area contributed by atoms with Crippen LogP contribution in [0.4, 0.5) is 0 Å². The molecule has 1 aliphatic heterocycles. The molecule has 1 aliphatic rings. The van der Waals surface area contributed by atoms with E-state index in [4.69, 9.17) is 4.74 Å². The molecule has 0 bridgehead atoms. The zero-order valence-electron chi connectivity index (χ0n) is 8.72. The molecule has 0 spiro atoms. The van der Waals surface area contributed by atoms with Crippen LogP contribution in [-0.4, -0.2) is 39.2 Å². The van der Waals surface area contributed by atoms with E-state index in [0.717, 1.165) is 19.4 Å². The van der Waals surface area contributed by atoms with E-state index in [9.17, 15) is 4.79 Å². The number of hydrogen-bond acceptors (Lipinski definition) is 5. The van der Waals surface area contributed by atoms with E-state index in [0.29, 0.717) is 12.4 Å². The number of Topliss-reactive ketones (excluding diaryl/α,β-unsaturated/α-hetero) is 1. The van der Waals surface area contributed by atoms with Crippen molar-refractivity contribution in [2.45, 2.75) is 19.3 Å². The van der Waals surface area contributed by atoms with Crippen molar-refractivity contribution in [2.24, 2.45) is 13.0 Å². The number of aromatic nitrogens is 4. The maximum absolute atomic E-state index is 11.8. The predicted octanol–water partition coefficient (Wildman–Crippen LogP) is -0.252. The Bertz CT molecular complexity index is 344. The second-order valence-electron chi connectivity index (χ2n) is 3.75. The first kappa shape index (κ1) is 10.2. The lowest BCUT2D eigenvalue weighted by atomic mass is 9.95. The van der Waals surface area contributed by atoms with E-state index < -0.39 is 0 Å². The Labute approximate surface area is 87.6 Å². The molecule has 82 valence electrons. The van der Waals surface area contributed by atoms with Gasteiger partial charge in [-0.1, -0.05) is 0 Å². The van der Waals surface area contributed by atoms with Crippen molar-refractivity contribution in [3.63, 3.8) is 0 Å². The number of carbonyl (C=O) groups excluding carboxylic acids is 1. The third-order valence-electron chi connectivity index (χ3n) is 2.50. The molecule has 1 aromatic rings. The Morgan fingerprint density at radius 1 is 1.67 bits per heavy atom. The number of carbonyl (C=O) groups is 1. The van der Waals surface area contributed by atoms with Crippen molar-refractivity contribution in [1.29, 1.82) is 0 Å². The molecular formula is C9H14N4O2. The summed E-state index contributed by atoms with van der Waals surface area (Å²) in [6.45, 7) is 1.31. The van der Waals surface area contributed by atoms with Gasteiger partial charge in [-0.05, 0) is 18.1 Å². The van der Waals surface area contributed by atoms with Crippen LogP contribution in [0.5, 0.6) is 0 Å². The average molecular weight is 210 g/mol. The molecule has 6 nitrogen and oxygen atoms in total. The third-order valence-corrected chi connectivity index (χ3v) is 2.50. The molecule has 0 N–H and O–H groups in total. The number of ketones is 1. The maximum Gasteiger partial charge on any atom is 0.182 e. The van der Waals surface area contributed by atoms with Gasteiger partial charge in [-0.15, -0.1) is 10.2 Å². The maximum atomic E-state index is 11.8. The summed E-state index contributed by atoms with van der Waals surface area (Å²) < 4.78 is 5.26. The van der Waals surface area contributed by atoms with Gasteiger partial charge in [0.05, 0.1) is 20.1 Å². The third kappa shape index (κ3) is 2.59. The molecule has 0 radical (unpaired) electrons. The fraction of sp³-hybridized carbons (Fsp3) is 0.778. The molecule has 15 heavy (non-hydrogen) atoms. The van der Waals surface area contributed by atoms with Gasteiger partial charge in [0.15, 0.2) is 5.82 Å². The second-order valence-corrected chi connectivity index (χ2v) is 3.75. The van der Waals surface area contributed by atoms with Gasteiger partial charge in [0.25, 0.3) is 0 Å². The minimum atomic E-state index is 0.0163. The molecule has 1 saturated heterocycles. The van der Waals surface area contributed by atoms with E-state index in [1.807, 2.05) is 0 Å². The van der Waals surface area contributed by atoms with Crippen molar-refractivity contribution in [1.82, 2.24) is 20.2 Å². The van der Waals surface area contributed by atoms with E-state index in [2.05, 4.69) is 15.4 Å². The Hall–Kier alpha value is -1.30. The van der Waals surface area contributed by atoms with Gasteiger partial charge < -0.3 is 4.74 Å². The van der Waals surface area contributed by atoms with Crippen LogP contribution in [0.2, 0.25) is 0 Å². The quantitative estimate of drug-likeness (QED) is 0.688. The van der Waals surface area contributed by atoms with Crippen molar-refractivity contribution in [2.75, 3.05) is 13.2 Å². The van der Waals surface area contributed by atoms with E-state index in [-0.39, 0.29) is 18.1 Å². The summed E-state index contributed by atoms with van der Waals surface area (Å²) in [5.74, 6) is 0.665. The lowest BCUT2D eigenvalue weighted by Crippen LogP contribution is -2.26. The van der Waals surface area contributed by atoms with Gasteiger partial charge in [-0.2, -0.15) is 4.80 Å². The number of ether oxygens (including phenoxy) is 1. The van der Waals surface area contributed by atoms with Crippen molar-refractivity contribution >= 4 is 5.78 Å². The first-order valence-electron chi connectivity index (χ1n) is 5.09. The molecule has 2 heterocycles. The smallest absolute Gasteiger partial charge is 0.182 e. The lowest BCUT2D eigenvalue weighted by Gasteiger charge is -2.20. The molecule has 1 unspecified atom stereocenters. The highest BCUT2D eigenvalue weighted by Gasteiger charge is 2.22. The van der Waals surface area contributed by atoms with Gasteiger partial charge in [0.2, 0.25) is 0 Å². The largest absolute Gasteiger partial charge is 0.381 e. The predicted molar refractivity (Wildman–Crippen MR) is 51.1 cm³/mol. The Morgan fingerprint density at radius 3 is 3.13 bits per heavy atom. The molecule has 0 aliphatic carbocycles. The number of rotatable bonds is 3. The summed E-state index contributed by atoms with van der Waals surface area (Å²) in [6.07, 6.45) is 2.14. The van der Waals surface area contributed by atoms with Crippen LogP contribution in [0.3, 0.4) is 0 Å². The monoisotopic (exact) mass is 210 g/mol. The Kier molecular flexibility index (Phi) is 3.05. The highest BCUT2D eigenvalue weighted by Crippen LogP contribution is 2.15. The Balaban J connectivity index is 1.91. The minimum Gasteiger partial charge on any atom is -0.381 e. The zero-order valence-corrected chi connectivity index (χ0v) is 8.72. The van der Waals surface area contributed by atoms with Gasteiger partial charge in [-0.25, -0.2) is 0 Å². The summed E-state index contributed by atoms with van der Waals surface area (Å²) in [4.78, 5) is 13.1. The van der Waals surface area contributed by atoms with E-state index in [1.165, 1.54) is 4.80 Å². The van der Waals surface area contributed by atoms with Gasteiger partial charge >= 0.3 is 0 Å². The summed E-state index contributed by atoms with van der Waals surface area (Å²) in [7, 11) is 1.69. The number of nitrogens with zero attached hydrogens (tertiary/aromatic N) is 4. The van der Waals surface area contributed by atoms with Gasteiger partial charge in [-0.3, -0.25) is 4.79 Å². The van der Waals surface area contributed by atoms with Crippen LogP contribution >= 0.6 is 0 Å². The molecular weight excluding hydrogens is 196 g/mol. The minimum absolute atomic E-state index is 0.0163. The molecule has 2 rings (SSSR count). The normalized spacial score (nSPS) is 21.5. The molecule has 1 fully saturated rings. The highest BCUT2D eigenvalue weighted by molar-refractivity contribution is 5.82. The van der Waals surface area contributed by atoms with Crippen molar-refractivity contribution < 1.29 is 9.53 Å². The van der Waals surface area contributed by atoms with Crippen LogP contribution in [0.1, 0.15) is 18.7 Å². The number of hydrogen-bond donors (Lipinski definition) is 0. The van der Waals surface area contributed by atoms with Crippen molar-refractivity contribution in [3.8, 4) is 0 Å². The SMILES string of the molecule is Cn1nnc(CC(=O)C2CCCOC2)n1. The number of aryl methyl sites for hydroxylation is 1. The fourth-order valence-corrected chi connectivity index (χ4v) is 1.69. The lowest BCUT2D eigenvalue weighted by molar-refractivity contribution is -0.126. The van der Waals surface area contributed by atoms with E-state index in [1.54, 1.807) is 7.05 Å². The van der Waals surface area contributed by atoms with Crippen LogP contribution in [-0.2, 0) is 23.0 Å². The average Bonchev–Trinajstić information content (AvgIpc) is 2.65. The summed E-state index contributed by atoms with van der Waals surface area (Å²) in [6, 6.07) is 0.